The Kier molecular flexibility index (Phi) is 5.60. The minimum atomic E-state index is -0.614. The third kappa shape index (κ3) is 4.12. The predicted molar refractivity (Wildman–Crippen MR) is 105 cm³/mol. The zero-order chi connectivity index (χ0) is 20.3. The van der Waals surface area contributed by atoms with Gasteiger partial charge in [-0.1, -0.05) is 29.8 Å². The van der Waals surface area contributed by atoms with Gasteiger partial charge in [0, 0.05) is 11.1 Å². The van der Waals surface area contributed by atoms with Crippen LogP contribution in [0.2, 0.25) is 5.02 Å². The first-order chi connectivity index (χ1) is 13.4. The summed E-state index contributed by atoms with van der Waals surface area (Å²) in [5, 5.41) is 18.5. The summed E-state index contributed by atoms with van der Waals surface area (Å²) < 4.78 is 7.05. The number of hydrogen-bond donors (Lipinski definition) is 1. The molecule has 0 atom stereocenters. The molecule has 0 bridgehead atoms. The number of carbonyl (C=O) groups is 1. The van der Waals surface area contributed by atoms with Crippen molar-refractivity contribution in [2.24, 2.45) is 0 Å². The molecule has 1 amide bonds. The monoisotopic (exact) mass is 400 g/mol. The second-order valence-corrected chi connectivity index (χ2v) is 6.44. The van der Waals surface area contributed by atoms with Gasteiger partial charge in [-0.25, -0.2) is 4.68 Å². The maximum Gasteiger partial charge on any atom is 0.312 e. The Hall–Kier alpha value is -3.39. The molecule has 3 rings (SSSR count). The maximum atomic E-state index is 12.3. The summed E-state index contributed by atoms with van der Waals surface area (Å²) in [4.78, 5) is 22.8. The highest BCUT2D eigenvalue weighted by Gasteiger charge is 2.19. The van der Waals surface area contributed by atoms with Crippen molar-refractivity contribution in [2.75, 3.05) is 11.9 Å². The summed E-state index contributed by atoms with van der Waals surface area (Å²) in [6.07, 6.45) is 0. The van der Waals surface area contributed by atoms with Gasteiger partial charge in [-0.2, -0.15) is 5.10 Å². The zero-order valence-electron chi connectivity index (χ0n) is 15.2. The van der Waals surface area contributed by atoms with Crippen molar-refractivity contribution in [3.05, 3.63) is 75.1 Å². The Morgan fingerprint density at radius 3 is 2.64 bits per heavy atom. The van der Waals surface area contributed by atoms with E-state index in [0.29, 0.717) is 11.4 Å². The number of nitro groups is 1. The summed E-state index contributed by atoms with van der Waals surface area (Å²) in [7, 11) is 0. The first kappa shape index (κ1) is 19.4. The van der Waals surface area contributed by atoms with Gasteiger partial charge in [-0.05, 0) is 38.1 Å². The third-order valence-corrected chi connectivity index (χ3v) is 4.27. The number of nitrogens with zero attached hydrogens (tertiary/aromatic N) is 3. The number of anilines is 1. The number of rotatable bonds is 6. The predicted octanol–water partition coefficient (Wildman–Crippen LogP) is 4.07. The van der Waals surface area contributed by atoms with Gasteiger partial charge in [0.1, 0.15) is 0 Å². The fraction of sp³-hybridized carbons (Fsp3) is 0.158. The molecule has 1 aromatic heterocycles. The van der Waals surface area contributed by atoms with Crippen molar-refractivity contribution in [1.82, 2.24) is 9.78 Å². The second-order valence-electron chi connectivity index (χ2n) is 6.00. The molecule has 8 nitrogen and oxygen atoms in total. The molecule has 0 spiro atoms. The highest BCUT2D eigenvalue weighted by molar-refractivity contribution is 6.30. The van der Waals surface area contributed by atoms with Gasteiger partial charge in [0.2, 0.25) is 0 Å². The van der Waals surface area contributed by atoms with Crippen LogP contribution < -0.4 is 10.1 Å². The summed E-state index contributed by atoms with van der Waals surface area (Å²) in [6.45, 7) is 3.23. The highest BCUT2D eigenvalue weighted by Crippen LogP contribution is 2.30. The van der Waals surface area contributed by atoms with Crippen LogP contribution >= 0.6 is 11.6 Å². The highest BCUT2D eigenvalue weighted by atomic mass is 35.5. The van der Waals surface area contributed by atoms with Crippen molar-refractivity contribution >= 4 is 28.9 Å². The lowest BCUT2D eigenvalue weighted by atomic mass is 10.3. The number of aromatic nitrogens is 2. The van der Waals surface area contributed by atoms with Crippen LogP contribution in [-0.4, -0.2) is 27.2 Å². The SMILES string of the molecule is Cc1nn(-c2ccccc2)c(C)c1NC(=O)COc1ccc(Cl)cc1[N+](=O)[O-]. The molecule has 2 aromatic carbocycles. The van der Waals surface area contributed by atoms with Crippen molar-refractivity contribution in [3.63, 3.8) is 0 Å². The molecule has 144 valence electrons. The number of nitrogens with one attached hydrogen (secondary N) is 1. The molecular formula is C19H17ClN4O4. The van der Waals surface area contributed by atoms with E-state index in [4.69, 9.17) is 16.3 Å². The summed E-state index contributed by atoms with van der Waals surface area (Å²) in [5.41, 5.74) is 2.55. The van der Waals surface area contributed by atoms with Crippen LogP contribution in [0.3, 0.4) is 0 Å². The van der Waals surface area contributed by atoms with E-state index in [1.165, 1.54) is 18.2 Å². The number of para-hydroxylation sites is 1. The number of benzene rings is 2. The molecule has 0 fully saturated rings. The molecule has 9 heteroatoms. The Morgan fingerprint density at radius 1 is 1.25 bits per heavy atom. The average Bonchev–Trinajstić information content (AvgIpc) is 2.95. The first-order valence-corrected chi connectivity index (χ1v) is 8.73. The molecule has 0 saturated carbocycles. The number of hydrogen-bond acceptors (Lipinski definition) is 5. The second kappa shape index (κ2) is 8.10. The van der Waals surface area contributed by atoms with E-state index < -0.39 is 17.4 Å². The molecular weight excluding hydrogens is 384 g/mol. The van der Waals surface area contributed by atoms with Crippen molar-refractivity contribution in [2.45, 2.75) is 13.8 Å². The molecule has 0 aliphatic carbocycles. The van der Waals surface area contributed by atoms with Gasteiger partial charge in [0.25, 0.3) is 5.91 Å². The van der Waals surface area contributed by atoms with Gasteiger partial charge in [0.15, 0.2) is 12.4 Å². The van der Waals surface area contributed by atoms with Crippen molar-refractivity contribution < 1.29 is 14.5 Å². The maximum absolute atomic E-state index is 12.3. The molecule has 28 heavy (non-hydrogen) atoms. The zero-order valence-corrected chi connectivity index (χ0v) is 15.9. The fourth-order valence-electron chi connectivity index (χ4n) is 2.72. The number of nitro benzene ring substituents is 1. The van der Waals surface area contributed by atoms with Crippen LogP contribution in [0.1, 0.15) is 11.4 Å². The van der Waals surface area contributed by atoms with Gasteiger partial charge in [0.05, 0.1) is 27.7 Å². The number of amides is 1. The van der Waals surface area contributed by atoms with Gasteiger partial charge < -0.3 is 10.1 Å². The van der Waals surface area contributed by atoms with Gasteiger partial charge in [-0.3, -0.25) is 14.9 Å². The molecule has 0 saturated heterocycles. The van der Waals surface area contributed by atoms with Crippen LogP contribution in [0.4, 0.5) is 11.4 Å². The lowest BCUT2D eigenvalue weighted by molar-refractivity contribution is -0.385. The van der Waals surface area contributed by atoms with E-state index in [0.717, 1.165) is 11.4 Å². The van der Waals surface area contributed by atoms with E-state index in [2.05, 4.69) is 10.4 Å². The molecule has 1 N–H and O–H groups in total. The number of aryl methyl sites for hydroxylation is 1. The van der Waals surface area contributed by atoms with E-state index in [1.807, 2.05) is 37.3 Å². The Balaban J connectivity index is 1.73. The van der Waals surface area contributed by atoms with Crippen LogP contribution in [0, 0.1) is 24.0 Å². The molecule has 1 heterocycles. The van der Waals surface area contributed by atoms with E-state index in [1.54, 1.807) is 11.6 Å². The van der Waals surface area contributed by atoms with E-state index >= 15 is 0 Å². The number of halogens is 1. The Morgan fingerprint density at radius 2 is 1.96 bits per heavy atom. The first-order valence-electron chi connectivity index (χ1n) is 8.35. The van der Waals surface area contributed by atoms with Crippen LogP contribution in [0.5, 0.6) is 5.75 Å². The normalized spacial score (nSPS) is 10.5. The van der Waals surface area contributed by atoms with Crippen molar-refractivity contribution in [1.29, 1.82) is 0 Å². The molecule has 0 unspecified atom stereocenters. The minimum absolute atomic E-state index is 0.0297. The average molecular weight is 401 g/mol. The minimum Gasteiger partial charge on any atom is -0.477 e. The van der Waals surface area contributed by atoms with Gasteiger partial charge >= 0.3 is 5.69 Å². The quantitative estimate of drug-likeness (QED) is 0.496. The van der Waals surface area contributed by atoms with Crippen LogP contribution in [-0.2, 0) is 4.79 Å². The molecule has 0 radical (unpaired) electrons. The van der Waals surface area contributed by atoms with Gasteiger partial charge in [-0.15, -0.1) is 0 Å². The Bertz CT molecular complexity index is 1030. The summed E-state index contributed by atoms with van der Waals surface area (Å²) in [6, 6.07) is 13.5. The lowest BCUT2D eigenvalue weighted by Gasteiger charge is -2.09. The van der Waals surface area contributed by atoms with E-state index in [-0.39, 0.29) is 16.5 Å². The molecule has 3 aromatic rings. The largest absolute Gasteiger partial charge is 0.477 e. The summed E-state index contributed by atoms with van der Waals surface area (Å²) in [5.74, 6) is -0.485. The number of ether oxygens (including phenoxy) is 1. The van der Waals surface area contributed by atoms with Crippen LogP contribution in [0.25, 0.3) is 5.69 Å². The fourth-order valence-corrected chi connectivity index (χ4v) is 2.88. The number of carbonyl (C=O) groups excluding carboxylic acids is 1. The standard InChI is InChI=1S/C19H17ClN4O4/c1-12-19(13(2)23(22-12)15-6-4-3-5-7-15)21-18(25)11-28-17-9-8-14(20)10-16(17)24(26)27/h3-10H,11H2,1-2H3,(H,21,25). The molecule has 0 aliphatic heterocycles. The Labute approximate surface area is 165 Å². The smallest absolute Gasteiger partial charge is 0.312 e. The summed E-state index contributed by atoms with van der Waals surface area (Å²) >= 11 is 5.77. The third-order valence-electron chi connectivity index (χ3n) is 4.03. The lowest BCUT2D eigenvalue weighted by Crippen LogP contribution is -2.21. The van der Waals surface area contributed by atoms with Crippen molar-refractivity contribution in [3.8, 4) is 11.4 Å². The molecule has 0 aliphatic rings. The topological polar surface area (TPSA) is 99.3 Å². The van der Waals surface area contributed by atoms with E-state index in [9.17, 15) is 14.9 Å². The van der Waals surface area contributed by atoms with Crippen LogP contribution in [0.15, 0.2) is 48.5 Å².